The number of anilines is 1. The second-order valence-corrected chi connectivity index (χ2v) is 10.2. The van der Waals surface area contributed by atoms with Gasteiger partial charge < -0.3 is 24.2 Å². The van der Waals surface area contributed by atoms with Crippen LogP contribution in [-0.4, -0.2) is 79.1 Å². The Morgan fingerprint density at radius 3 is 2.75 bits per heavy atom. The second-order valence-electron chi connectivity index (χ2n) is 10.2. The van der Waals surface area contributed by atoms with E-state index in [2.05, 4.69) is 9.88 Å². The number of ether oxygens (including phenoxy) is 2. The summed E-state index contributed by atoms with van der Waals surface area (Å²) in [5.74, 6) is 2.14. The minimum absolute atomic E-state index is 0.0407. The van der Waals surface area contributed by atoms with Crippen molar-refractivity contribution in [3.63, 3.8) is 0 Å². The lowest BCUT2D eigenvalue weighted by Crippen LogP contribution is -2.48. The van der Waals surface area contributed by atoms with E-state index in [0.717, 1.165) is 36.5 Å². The molecule has 3 aliphatic rings. The smallest absolute Gasteiger partial charge is 0.242 e. The molecule has 0 N–H and O–H groups in total. The van der Waals surface area contributed by atoms with Crippen molar-refractivity contribution in [3.05, 3.63) is 54.2 Å². The van der Waals surface area contributed by atoms with Crippen LogP contribution in [0.4, 0.5) is 5.82 Å². The normalized spacial score (nSPS) is 22.9. The number of carbonyl (C=O) groups is 2. The van der Waals surface area contributed by atoms with E-state index in [1.165, 1.54) is 12.8 Å². The molecule has 1 saturated carbocycles. The molecule has 36 heavy (non-hydrogen) atoms. The highest BCUT2D eigenvalue weighted by atomic mass is 16.5. The summed E-state index contributed by atoms with van der Waals surface area (Å²) in [5.41, 5.74) is 1.00. The fourth-order valence-electron chi connectivity index (χ4n) is 5.14. The summed E-state index contributed by atoms with van der Waals surface area (Å²) in [6.45, 7) is 3.71. The molecule has 1 aromatic heterocycles. The first kappa shape index (κ1) is 24.6. The van der Waals surface area contributed by atoms with Gasteiger partial charge in [-0.25, -0.2) is 4.98 Å². The third-order valence-corrected chi connectivity index (χ3v) is 7.35. The molecular formula is C28H36N4O4. The van der Waals surface area contributed by atoms with E-state index in [1.54, 1.807) is 18.2 Å². The summed E-state index contributed by atoms with van der Waals surface area (Å²) in [6, 6.07) is 13.6. The SMILES string of the molecule is COc1cccc(CN2C[C@@H](OCC3CC3)CN(C(=O)[C@H]3CCCN(c4ccccn4)C3)CC2=O)c1. The number of methoxy groups -OCH3 is 1. The number of hydrogen-bond acceptors (Lipinski definition) is 6. The van der Waals surface area contributed by atoms with Gasteiger partial charge in [-0.1, -0.05) is 18.2 Å². The number of nitrogens with zero attached hydrogens (tertiary/aromatic N) is 4. The number of pyridine rings is 1. The van der Waals surface area contributed by atoms with Crippen LogP contribution in [0.1, 0.15) is 31.2 Å². The maximum absolute atomic E-state index is 13.7. The monoisotopic (exact) mass is 492 g/mol. The Bertz CT molecular complexity index is 1040. The molecule has 0 bridgehead atoms. The second kappa shape index (κ2) is 11.3. The highest BCUT2D eigenvalue weighted by Crippen LogP contribution is 2.30. The molecule has 192 valence electrons. The van der Waals surface area contributed by atoms with Crippen LogP contribution in [0, 0.1) is 11.8 Å². The molecule has 2 saturated heterocycles. The molecule has 0 radical (unpaired) electrons. The molecule has 2 aliphatic heterocycles. The van der Waals surface area contributed by atoms with Gasteiger partial charge in [0.05, 0.1) is 25.7 Å². The first-order chi connectivity index (χ1) is 17.6. The van der Waals surface area contributed by atoms with Crippen molar-refractivity contribution in [1.82, 2.24) is 14.8 Å². The predicted molar refractivity (Wildman–Crippen MR) is 137 cm³/mol. The number of carbonyl (C=O) groups excluding carboxylic acids is 2. The van der Waals surface area contributed by atoms with Crippen molar-refractivity contribution >= 4 is 17.6 Å². The molecule has 5 rings (SSSR count). The molecule has 0 unspecified atom stereocenters. The van der Waals surface area contributed by atoms with E-state index in [0.29, 0.717) is 38.7 Å². The molecule has 1 aromatic carbocycles. The van der Waals surface area contributed by atoms with Crippen LogP contribution in [0.5, 0.6) is 5.75 Å². The summed E-state index contributed by atoms with van der Waals surface area (Å²) in [6.07, 6.45) is 5.75. The summed E-state index contributed by atoms with van der Waals surface area (Å²) in [5, 5.41) is 0. The summed E-state index contributed by atoms with van der Waals surface area (Å²) >= 11 is 0. The topological polar surface area (TPSA) is 75.2 Å². The van der Waals surface area contributed by atoms with Crippen LogP contribution < -0.4 is 9.64 Å². The van der Waals surface area contributed by atoms with Crippen molar-refractivity contribution in [2.24, 2.45) is 11.8 Å². The zero-order chi connectivity index (χ0) is 24.9. The third kappa shape index (κ3) is 6.16. The number of piperidine rings is 1. The van der Waals surface area contributed by atoms with Crippen LogP contribution in [0.25, 0.3) is 0 Å². The Hall–Kier alpha value is -3.13. The molecule has 2 aromatic rings. The molecule has 1 aliphatic carbocycles. The van der Waals surface area contributed by atoms with Gasteiger partial charge in [0.2, 0.25) is 11.8 Å². The molecule has 2 atom stereocenters. The van der Waals surface area contributed by atoms with Crippen LogP contribution >= 0.6 is 0 Å². The maximum Gasteiger partial charge on any atom is 0.242 e. The van der Waals surface area contributed by atoms with E-state index in [1.807, 2.05) is 47.4 Å². The zero-order valence-corrected chi connectivity index (χ0v) is 21.1. The number of rotatable bonds is 8. The average Bonchev–Trinajstić information content (AvgIpc) is 3.76. The van der Waals surface area contributed by atoms with Crippen LogP contribution in [0.2, 0.25) is 0 Å². The molecule has 8 heteroatoms. The fourth-order valence-corrected chi connectivity index (χ4v) is 5.14. The van der Waals surface area contributed by atoms with Crippen LogP contribution in [-0.2, 0) is 20.9 Å². The van der Waals surface area contributed by atoms with Crippen molar-refractivity contribution in [1.29, 1.82) is 0 Å². The van der Waals surface area contributed by atoms with Crippen molar-refractivity contribution in [2.75, 3.05) is 51.3 Å². The lowest BCUT2D eigenvalue weighted by molar-refractivity contribution is -0.141. The van der Waals surface area contributed by atoms with Crippen molar-refractivity contribution in [2.45, 2.75) is 38.3 Å². The Balaban J connectivity index is 1.29. The van der Waals surface area contributed by atoms with Crippen molar-refractivity contribution in [3.8, 4) is 5.75 Å². The van der Waals surface area contributed by atoms with Gasteiger partial charge >= 0.3 is 0 Å². The minimum atomic E-state index is -0.193. The Kier molecular flexibility index (Phi) is 7.70. The quantitative estimate of drug-likeness (QED) is 0.564. The molecule has 8 nitrogen and oxygen atoms in total. The predicted octanol–water partition coefficient (Wildman–Crippen LogP) is 2.97. The lowest BCUT2D eigenvalue weighted by Gasteiger charge is -2.35. The number of hydrogen-bond donors (Lipinski definition) is 0. The first-order valence-corrected chi connectivity index (χ1v) is 13.1. The van der Waals surface area contributed by atoms with E-state index < -0.39 is 0 Å². The average molecular weight is 493 g/mol. The van der Waals surface area contributed by atoms with Crippen molar-refractivity contribution < 1.29 is 19.1 Å². The summed E-state index contributed by atoms with van der Waals surface area (Å²) < 4.78 is 11.6. The van der Waals surface area contributed by atoms with Crippen LogP contribution in [0.3, 0.4) is 0 Å². The Morgan fingerprint density at radius 2 is 1.97 bits per heavy atom. The summed E-state index contributed by atoms with van der Waals surface area (Å²) in [4.78, 5) is 37.3. The van der Waals surface area contributed by atoms with Gasteiger partial charge in [0, 0.05) is 45.5 Å². The third-order valence-electron chi connectivity index (χ3n) is 7.35. The molecule has 3 fully saturated rings. The molecule has 2 amide bonds. The van der Waals surface area contributed by atoms with E-state index in [4.69, 9.17) is 9.47 Å². The van der Waals surface area contributed by atoms with Gasteiger partial charge in [-0.15, -0.1) is 0 Å². The van der Waals surface area contributed by atoms with E-state index in [9.17, 15) is 9.59 Å². The zero-order valence-electron chi connectivity index (χ0n) is 21.1. The maximum atomic E-state index is 13.7. The minimum Gasteiger partial charge on any atom is -0.497 e. The molecule has 3 heterocycles. The largest absolute Gasteiger partial charge is 0.497 e. The van der Waals surface area contributed by atoms with E-state index >= 15 is 0 Å². The molecular weight excluding hydrogens is 456 g/mol. The van der Waals surface area contributed by atoms with Crippen LogP contribution in [0.15, 0.2) is 48.7 Å². The Morgan fingerprint density at radius 1 is 1.08 bits per heavy atom. The highest BCUT2D eigenvalue weighted by Gasteiger charge is 2.36. The first-order valence-electron chi connectivity index (χ1n) is 13.1. The number of aromatic nitrogens is 1. The van der Waals surface area contributed by atoms with Gasteiger partial charge in [0.15, 0.2) is 0 Å². The number of amides is 2. The van der Waals surface area contributed by atoms with Gasteiger partial charge in [0.25, 0.3) is 0 Å². The number of benzene rings is 1. The summed E-state index contributed by atoms with van der Waals surface area (Å²) in [7, 11) is 1.64. The van der Waals surface area contributed by atoms with E-state index in [-0.39, 0.29) is 30.4 Å². The lowest BCUT2D eigenvalue weighted by atomic mass is 9.96. The van der Waals surface area contributed by atoms with Gasteiger partial charge in [-0.3, -0.25) is 9.59 Å². The van der Waals surface area contributed by atoms with Gasteiger partial charge in [-0.2, -0.15) is 0 Å². The van der Waals surface area contributed by atoms with Gasteiger partial charge in [0.1, 0.15) is 11.6 Å². The standard InChI is InChI=1S/C28H36N4O4/c1-35-24-8-4-6-22(14-24)15-31-17-25(36-20-21-10-11-21)18-32(19-27(31)33)28(34)23-7-5-13-30(16-23)26-9-2-3-12-29-26/h2-4,6,8-9,12,14,21,23,25H,5,7,10-11,13,15-20H2,1H3/t23-,25+/m0/s1. The highest BCUT2D eigenvalue weighted by molar-refractivity contribution is 5.87. The molecule has 0 spiro atoms. The Labute approximate surface area is 213 Å². The van der Waals surface area contributed by atoms with Gasteiger partial charge in [-0.05, 0) is 61.4 Å². The fraction of sp³-hybridized carbons (Fsp3) is 0.536.